The van der Waals surface area contributed by atoms with Gasteiger partial charge in [-0.2, -0.15) is 0 Å². The lowest BCUT2D eigenvalue weighted by Gasteiger charge is -2.20. The molecule has 0 amide bonds. The van der Waals surface area contributed by atoms with Gasteiger partial charge in [0.05, 0.1) is 0 Å². The SMILES string of the molecule is CCCCCCc1ccc(P(c2ccccc2)c2ccc(CCCCCC)cc2)cc1. The molecule has 31 heavy (non-hydrogen) atoms. The Bertz CT molecular complexity index is 794. The summed E-state index contributed by atoms with van der Waals surface area (Å²) in [6, 6.07) is 30.0. The molecule has 0 aromatic heterocycles. The van der Waals surface area contributed by atoms with Gasteiger partial charge < -0.3 is 0 Å². The summed E-state index contributed by atoms with van der Waals surface area (Å²) in [6.45, 7) is 4.55. The number of hydrogen-bond acceptors (Lipinski definition) is 0. The van der Waals surface area contributed by atoms with Gasteiger partial charge in [0.1, 0.15) is 0 Å². The van der Waals surface area contributed by atoms with Crippen LogP contribution in [0.2, 0.25) is 0 Å². The van der Waals surface area contributed by atoms with Gasteiger partial charge in [-0.05, 0) is 60.6 Å². The van der Waals surface area contributed by atoms with Crippen LogP contribution in [0.25, 0.3) is 0 Å². The Kier molecular flexibility index (Phi) is 10.3. The van der Waals surface area contributed by atoms with Crippen molar-refractivity contribution in [2.45, 2.75) is 78.1 Å². The van der Waals surface area contributed by atoms with Gasteiger partial charge in [0.2, 0.25) is 0 Å². The van der Waals surface area contributed by atoms with Crippen molar-refractivity contribution >= 4 is 23.8 Å². The topological polar surface area (TPSA) is 0 Å². The maximum Gasteiger partial charge on any atom is -0.0134 e. The molecule has 1 heteroatoms. The molecule has 0 bridgehead atoms. The molecular formula is C30H39P. The summed E-state index contributed by atoms with van der Waals surface area (Å²) in [4.78, 5) is 0. The van der Waals surface area contributed by atoms with Gasteiger partial charge in [-0.25, -0.2) is 0 Å². The van der Waals surface area contributed by atoms with Crippen LogP contribution in [0.1, 0.15) is 76.3 Å². The van der Waals surface area contributed by atoms with Crippen molar-refractivity contribution in [3.8, 4) is 0 Å². The summed E-state index contributed by atoms with van der Waals surface area (Å²) in [5.74, 6) is 0. The van der Waals surface area contributed by atoms with Crippen LogP contribution in [0, 0.1) is 0 Å². The molecule has 3 aromatic carbocycles. The Morgan fingerprint density at radius 1 is 0.452 bits per heavy atom. The minimum absolute atomic E-state index is 0.508. The van der Waals surface area contributed by atoms with Crippen molar-refractivity contribution in [3.05, 3.63) is 90.0 Å². The van der Waals surface area contributed by atoms with Gasteiger partial charge in [-0.1, -0.05) is 131 Å². The lowest BCUT2D eigenvalue weighted by atomic mass is 10.1. The molecule has 0 spiro atoms. The van der Waals surface area contributed by atoms with E-state index < -0.39 is 7.92 Å². The van der Waals surface area contributed by atoms with Crippen LogP contribution in [0.15, 0.2) is 78.9 Å². The fourth-order valence-electron chi connectivity index (χ4n) is 4.16. The quantitative estimate of drug-likeness (QED) is 0.193. The highest BCUT2D eigenvalue weighted by molar-refractivity contribution is 7.79. The third-order valence-corrected chi connectivity index (χ3v) is 8.49. The highest BCUT2D eigenvalue weighted by Gasteiger charge is 2.16. The molecule has 0 radical (unpaired) electrons. The van der Waals surface area contributed by atoms with Gasteiger partial charge in [-0.15, -0.1) is 0 Å². The molecule has 0 fully saturated rings. The van der Waals surface area contributed by atoms with E-state index >= 15 is 0 Å². The Hall–Kier alpha value is -1.91. The first-order chi connectivity index (χ1) is 15.3. The van der Waals surface area contributed by atoms with Gasteiger partial charge in [-0.3, -0.25) is 0 Å². The second-order valence-electron chi connectivity index (χ2n) is 8.63. The molecule has 0 atom stereocenters. The van der Waals surface area contributed by atoms with Gasteiger partial charge in [0.15, 0.2) is 0 Å². The Morgan fingerprint density at radius 3 is 1.29 bits per heavy atom. The van der Waals surface area contributed by atoms with E-state index in [-0.39, 0.29) is 0 Å². The van der Waals surface area contributed by atoms with Gasteiger partial charge in [0, 0.05) is 0 Å². The zero-order valence-corrected chi connectivity index (χ0v) is 20.4. The van der Waals surface area contributed by atoms with E-state index in [4.69, 9.17) is 0 Å². The van der Waals surface area contributed by atoms with Crippen LogP contribution in [-0.2, 0) is 12.8 Å². The molecule has 0 aliphatic carbocycles. The Balaban J connectivity index is 1.75. The summed E-state index contributed by atoms with van der Waals surface area (Å²) in [5, 5.41) is 4.34. The van der Waals surface area contributed by atoms with Crippen LogP contribution < -0.4 is 15.9 Å². The maximum atomic E-state index is 2.38. The molecule has 0 aliphatic rings. The summed E-state index contributed by atoms with van der Waals surface area (Å²) >= 11 is 0. The lowest BCUT2D eigenvalue weighted by molar-refractivity contribution is 0.667. The molecule has 0 aliphatic heterocycles. The largest absolute Gasteiger partial charge is 0.0654 e. The minimum Gasteiger partial charge on any atom is -0.0654 e. The maximum absolute atomic E-state index is 2.38. The highest BCUT2D eigenvalue weighted by atomic mass is 31.1. The third kappa shape index (κ3) is 7.62. The van der Waals surface area contributed by atoms with Crippen molar-refractivity contribution in [3.63, 3.8) is 0 Å². The average molecular weight is 431 g/mol. The molecule has 164 valence electrons. The number of unbranched alkanes of at least 4 members (excludes halogenated alkanes) is 6. The van der Waals surface area contributed by atoms with E-state index in [9.17, 15) is 0 Å². The molecule has 0 heterocycles. The van der Waals surface area contributed by atoms with E-state index in [1.54, 1.807) is 0 Å². The molecule has 0 nitrogen and oxygen atoms in total. The number of rotatable bonds is 13. The van der Waals surface area contributed by atoms with Crippen LogP contribution in [0.4, 0.5) is 0 Å². The fourth-order valence-corrected chi connectivity index (χ4v) is 6.42. The predicted molar refractivity (Wildman–Crippen MR) is 141 cm³/mol. The standard InChI is InChI=1S/C30H39P/c1-3-5-7-10-14-26-18-22-29(23-19-26)31(28-16-12-9-13-17-28)30-24-20-27(21-25-30)15-11-8-6-4-2/h9,12-13,16-25H,3-8,10-11,14-15H2,1-2H3. The van der Waals surface area contributed by atoms with Gasteiger partial charge >= 0.3 is 0 Å². The van der Waals surface area contributed by atoms with E-state index in [0.29, 0.717) is 0 Å². The van der Waals surface area contributed by atoms with Crippen molar-refractivity contribution in [2.75, 3.05) is 0 Å². The van der Waals surface area contributed by atoms with Crippen molar-refractivity contribution in [2.24, 2.45) is 0 Å². The fraction of sp³-hybridized carbons (Fsp3) is 0.400. The normalized spacial score (nSPS) is 11.2. The van der Waals surface area contributed by atoms with Crippen molar-refractivity contribution < 1.29 is 0 Å². The third-order valence-electron chi connectivity index (χ3n) is 6.04. The van der Waals surface area contributed by atoms with Crippen LogP contribution in [-0.4, -0.2) is 0 Å². The first-order valence-corrected chi connectivity index (χ1v) is 13.7. The molecule has 3 aromatic rings. The summed E-state index contributed by atoms with van der Waals surface area (Å²) in [6.07, 6.45) is 13.0. The Labute approximate surface area is 191 Å². The molecule has 3 rings (SSSR count). The second-order valence-corrected chi connectivity index (χ2v) is 10.8. The average Bonchev–Trinajstić information content (AvgIpc) is 2.82. The van der Waals surface area contributed by atoms with Gasteiger partial charge in [0.25, 0.3) is 0 Å². The molecular weight excluding hydrogens is 391 g/mol. The lowest BCUT2D eigenvalue weighted by Crippen LogP contribution is -2.20. The summed E-state index contributed by atoms with van der Waals surface area (Å²) < 4.78 is 0. The minimum atomic E-state index is -0.508. The molecule has 0 N–H and O–H groups in total. The highest BCUT2D eigenvalue weighted by Crippen LogP contribution is 2.33. The zero-order chi connectivity index (χ0) is 21.7. The van der Waals surface area contributed by atoms with E-state index in [1.165, 1.54) is 91.2 Å². The molecule has 0 saturated heterocycles. The summed E-state index contributed by atoms with van der Waals surface area (Å²) in [7, 11) is -0.508. The van der Waals surface area contributed by atoms with E-state index in [1.807, 2.05) is 0 Å². The number of aryl methyl sites for hydroxylation is 2. The summed E-state index contributed by atoms with van der Waals surface area (Å²) in [5.41, 5.74) is 2.95. The first kappa shape index (κ1) is 23.7. The Morgan fingerprint density at radius 2 is 0.871 bits per heavy atom. The van der Waals surface area contributed by atoms with Crippen LogP contribution in [0.3, 0.4) is 0 Å². The van der Waals surface area contributed by atoms with Crippen LogP contribution in [0.5, 0.6) is 0 Å². The number of benzene rings is 3. The van der Waals surface area contributed by atoms with Crippen LogP contribution >= 0.6 is 7.92 Å². The first-order valence-electron chi connectivity index (χ1n) is 12.3. The number of hydrogen-bond donors (Lipinski definition) is 0. The molecule has 0 unspecified atom stereocenters. The van der Waals surface area contributed by atoms with E-state index in [0.717, 1.165) is 0 Å². The zero-order valence-electron chi connectivity index (χ0n) is 19.5. The molecule has 0 saturated carbocycles. The van der Waals surface area contributed by atoms with E-state index in [2.05, 4.69) is 92.7 Å². The van der Waals surface area contributed by atoms with Crippen molar-refractivity contribution in [1.82, 2.24) is 0 Å². The van der Waals surface area contributed by atoms with Crippen molar-refractivity contribution in [1.29, 1.82) is 0 Å². The monoisotopic (exact) mass is 430 g/mol. The predicted octanol–water partition coefficient (Wildman–Crippen LogP) is 7.69. The second kappa shape index (κ2) is 13.5. The smallest absolute Gasteiger partial charge is 0.0134 e.